The lowest BCUT2D eigenvalue weighted by Gasteiger charge is -2.11. The first kappa shape index (κ1) is 16.7. The van der Waals surface area contributed by atoms with Gasteiger partial charge in [-0.3, -0.25) is 4.79 Å². The predicted molar refractivity (Wildman–Crippen MR) is 82.6 cm³/mol. The standard InChI is InChI=1S/C13H14FN7O3/c1-5-2-9(6(13(23)24)3-7(5)14)18-12(22)10-4-8(15)11(19-16)21(17)20-10/h2-4H,15-17H2,1H3,(H,18,22)(H,23,24)/b19-11-. The summed E-state index contributed by atoms with van der Waals surface area (Å²) in [6.07, 6.45) is 0. The van der Waals surface area contributed by atoms with E-state index in [9.17, 15) is 14.0 Å². The van der Waals surface area contributed by atoms with Crippen LogP contribution in [-0.4, -0.2) is 26.9 Å². The fourth-order valence-electron chi connectivity index (χ4n) is 1.93. The van der Waals surface area contributed by atoms with Crippen LogP contribution >= 0.6 is 0 Å². The van der Waals surface area contributed by atoms with Crippen molar-refractivity contribution in [3.05, 3.63) is 46.3 Å². The van der Waals surface area contributed by atoms with Gasteiger partial charge >= 0.3 is 5.97 Å². The zero-order chi connectivity index (χ0) is 18.0. The molecular weight excluding hydrogens is 321 g/mol. The van der Waals surface area contributed by atoms with E-state index < -0.39 is 23.3 Å². The molecule has 0 bridgehead atoms. The maximum absolute atomic E-state index is 13.5. The van der Waals surface area contributed by atoms with Gasteiger partial charge in [0.2, 0.25) is 5.49 Å². The van der Waals surface area contributed by atoms with Crippen molar-refractivity contribution in [3.8, 4) is 0 Å². The van der Waals surface area contributed by atoms with Gasteiger partial charge in [0.25, 0.3) is 5.91 Å². The summed E-state index contributed by atoms with van der Waals surface area (Å²) in [7, 11) is 0. The third-order valence-electron chi connectivity index (χ3n) is 3.12. The highest BCUT2D eigenvalue weighted by atomic mass is 19.1. The number of amides is 1. The fraction of sp³-hybridized carbons (Fsp3) is 0.0769. The number of nitrogens with one attached hydrogen (secondary N) is 1. The molecule has 0 saturated carbocycles. The smallest absolute Gasteiger partial charge is 0.337 e. The number of aromatic carboxylic acids is 1. The molecule has 0 aliphatic carbocycles. The molecule has 0 aliphatic rings. The van der Waals surface area contributed by atoms with Crippen molar-refractivity contribution in [1.29, 1.82) is 0 Å². The summed E-state index contributed by atoms with van der Waals surface area (Å²) in [6.45, 7) is 1.43. The number of hydrogen-bond donors (Lipinski definition) is 5. The van der Waals surface area contributed by atoms with Gasteiger partial charge in [0.15, 0.2) is 5.69 Å². The van der Waals surface area contributed by atoms with Crippen molar-refractivity contribution in [2.45, 2.75) is 6.92 Å². The Labute approximate surface area is 134 Å². The van der Waals surface area contributed by atoms with Crippen LogP contribution in [0.15, 0.2) is 23.3 Å². The van der Waals surface area contributed by atoms with E-state index in [2.05, 4.69) is 15.5 Å². The van der Waals surface area contributed by atoms with Gasteiger partial charge in [-0.1, -0.05) is 0 Å². The van der Waals surface area contributed by atoms with Crippen LogP contribution in [0.3, 0.4) is 0 Å². The summed E-state index contributed by atoms with van der Waals surface area (Å²) in [5.41, 5.74) is 5.05. The highest BCUT2D eigenvalue weighted by Gasteiger charge is 2.18. The molecule has 0 atom stereocenters. The minimum absolute atomic E-state index is 0.00565. The van der Waals surface area contributed by atoms with E-state index in [0.29, 0.717) is 4.79 Å². The SMILES string of the molecule is Cc1cc(NC(=O)c2cc(N)/c(=N/N)n(N)n2)c(C(=O)O)cc1F. The Hall–Kier alpha value is -3.63. The highest BCUT2D eigenvalue weighted by molar-refractivity contribution is 6.07. The average Bonchev–Trinajstić information content (AvgIpc) is 2.50. The van der Waals surface area contributed by atoms with Gasteiger partial charge in [0.05, 0.1) is 16.9 Å². The van der Waals surface area contributed by atoms with Crippen molar-refractivity contribution < 1.29 is 19.1 Å². The molecule has 126 valence electrons. The molecule has 8 N–H and O–H groups in total. The predicted octanol–water partition coefficient (Wildman–Crippen LogP) is -0.648. The Kier molecular flexibility index (Phi) is 4.35. The average molecular weight is 335 g/mol. The van der Waals surface area contributed by atoms with Gasteiger partial charge in [-0.15, -0.1) is 5.10 Å². The second-order valence-electron chi connectivity index (χ2n) is 4.79. The molecule has 0 saturated heterocycles. The lowest BCUT2D eigenvalue weighted by atomic mass is 10.1. The normalized spacial score (nSPS) is 11.3. The molecule has 1 amide bonds. The molecule has 11 heteroatoms. The van der Waals surface area contributed by atoms with Gasteiger partial charge in [0.1, 0.15) is 5.82 Å². The van der Waals surface area contributed by atoms with Gasteiger partial charge in [-0.2, -0.15) is 9.89 Å². The van der Waals surface area contributed by atoms with Crippen molar-refractivity contribution in [2.24, 2.45) is 10.9 Å². The van der Waals surface area contributed by atoms with E-state index in [1.165, 1.54) is 19.1 Å². The first-order chi connectivity index (χ1) is 11.2. The van der Waals surface area contributed by atoms with E-state index in [4.69, 9.17) is 22.5 Å². The van der Waals surface area contributed by atoms with Gasteiger partial charge < -0.3 is 27.8 Å². The van der Waals surface area contributed by atoms with Gasteiger partial charge in [-0.05, 0) is 30.7 Å². The molecule has 0 radical (unpaired) electrons. The number of nitrogens with zero attached hydrogens (tertiary/aromatic N) is 3. The summed E-state index contributed by atoms with van der Waals surface area (Å²) < 4.78 is 13.5. The summed E-state index contributed by atoms with van der Waals surface area (Å²) >= 11 is 0. The first-order valence-corrected chi connectivity index (χ1v) is 6.48. The number of hydrogen-bond acceptors (Lipinski definition) is 7. The second-order valence-corrected chi connectivity index (χ2v) is 4.79. The Bertz CT molecular complexity index is 881. The number of aromatic nitrogens is 2. The number of carbonyl (C=O) groups is 2. The van der Waals surface area contributed by atoms with E-state index in [-0.39, 0.29) is 28.1 Å². The summed E-state index contributed by atoms with van der Waals surface area (Å²) in [5, 5.41) is 18.5. The van der Waals surface area contributed by atoms with Crippen LogP contribution in [0.2, 0.25) is 0 Å². The largest absolute Gasteiger partial charge is 0.478 e. The summed E-state index contributed by atoms with van der Waals surface area (Å²) in [4.78, 5) is 24.1. The van der Waals surface area contributed by atoms with Crippen molar-refractivity contribution in [1.82, 2.24) is 9.89 Å². The number of nitrogen functional groups attached to an aromatic ring is 2. The third-order valence-corrected chi connectivity index (χ3v) is 3.12. The topological polar surface area (TPSA) is 175 Å². The fourth-order valence-corrected chi connectivity index (χ4v) is 1.93. The quantitative estimate of drug-likeness (QED) is 0.366. The number of carbonyl (C=O) groups excluding carboxylic acids is 1. The first-order valence-electron chi connectivity index (χ1n) is 6.48. The molecule has 0 unspecified atom stereocenters. The number of nitrogens with two attached hydrogens (primary N) is 3. The maximum Gasteiger partial charge on any atom is 0.337 e. The number of rotatable bonds is 3. The molecule has 0 spiro atoms. The highest BCUT2D eigenvalue weighted by Crippen LogP contribution is 2.21. The monoisotopic (exact) mass is 335 g/mol. The molecule has 0 aliphatic heterocycles. The molecule has 2 aromatic rings. The number of carboxylic acids is 1. The number of benzene rings is 1. The lowest BCUT2D eigenvalue weighted by molar-refractivity contribution is 0.0697. The molecule has 24 heavy (non-hydrogen) atoms. The Morgan fingerprint density at radius 3 is 2.58 bits per heavy atom. The van der Waals surface area contributed by atoms with Crippen LogP contribution < -0.4 is 28.2 Å². The maximum atomic E-state index is 13.5. The summed E-state index contributed by atoms with van der Waals surface area (Å²) in [6, 6.07) is 3.18. The van der Waals surface area contributed by atoms with E-state index in [1.807, 2.05) is 0 Å². The molecule has 1 heterocycles. The molecule has 0 fully saturated rings. The third kappa shape index (κ3) is 3.09. The van der Waals surface area contributed by atoms with E-state index in [0.717, 1.165) is 6.07 Å². The van der Waals surface area contributed by atoms with Crippen LogP contribution in [0.1, 0.15) is 26.4 Å². The van der Waals surface area contributed by atoms with Crippen LogP contribution in [0.4, 0.5) is 15.8 Å². The minimum atomic E-state index is -1.40. The van der Waals surface area contributed by atoms with Crippen LogP contribution in [0.5, 0.6) is 0 Å². The molecular formula is C13H14FN7O3. The molecule has 1 aromatic heterocycles. The van der Waals surface area contributed by atoms with Crippen LogP contribution in [0.25, 0.3) is 0 Å². The molecule has 1 aromatic carbocycles. The zero-order valence-electron chi connectivity index (χ0n) is 12.4. The Balaban J connectivity index is 2.44. The number of anilines is 2. The van der Waals surface area contributed by atoms with Crippen molar-refractivity contribution in [3.63, 3.8) is 0 Å². The number of aryl methyl sites for hydroxylation is 1. The minimum Gasteiger partial charge on any atom is -0.478 e. The Morgan fingerprint density at radius 1 is 1.38 bits per heavy atom. The van der Waals surface area contributed by atoms with E-state index >= 15 is 0 Å². The van der Waals surface area contributed by atoms with Crippen molar-refractivity contribution >= 4 is 23.3 Å². The number of halogens is 1. The summed E-state index contributed by atoms with van der Waals surface area (Å²) in [5.74, 6) is 7.70. The van der Waals surface area contributed by atoms with Gasteiger partial charge in [-0.25, -0.2) is 9.18 Å². The van der Waals surface area contributed by atoms with Gasteiger partial charge in [0, 0.05) is 0 Å². The number of carboxylic acid groups (broad SMARTS) is 1. The van der Waals surface area contributed by atoms with Crippen molar-refractivity contribution in [2.75, 3.05) is 16.9 Å². The van der Waals surface area contributed by atoms with Crippen LogP contribution in [0, 0.1) is 12.7 Å². The molecule has 10 nitrogen and oxygen atoms in total. The zero-order valence-corrected chi connectivity index (χ0v) is 12.4. The second kappa shape index (κ2) is 6.24. The molecule has 2 rings (SSSR count). The Morgan fingerprint density at radius 2 is 2.04 bits per heavy atom. The van der Waals surface area contributed by atoms with E-state index in [1.54, 1.807) is 0 Å². The lowest BCUT2D eigenvalue weighted by Crippen LogP contribution is -2.35. The van der Waals surface area contributed by atoms with Crippen LogP contribution in [-0.2, 0) is 0 Å².